The van der Waals surface area contributed by atoms with E-state index >= 15 is 0 Å². The van der Waals surface area contributed by atoms with Gasteiger partial charge in [-0.2, -0.15) is 0 Å². The van der Waals surface area contributed by atoms with Crippen LogP contribution in [0, 0.1) is 5.92 Å². The second-order valence-corrected chi connectivity index (χ2v) is 6.53. The van der Waals surface area contributed by atoms with Crippen LogP contribution in [0.5, 0.6) is 11.5 Å². The molecule has 1 unspecified atom stereocenters. The van der Waals surface area contributed by atoms with Gasteiger partial charge in [-0.15, -0.1) is 24.0 Å². The smallest absolute Gasteiger partial charge is 0.193 e. The monoisotopic (exact) mass is 481 g/mol. The minimum atomic E-state index is 0. The van der Waals surface area contributed by atoms with E-state index in [1.807, 2.05) is 55.6 Å². The van der Waals surface area contributed by atoms with Crippen molar-refractivity contribution >= 4 is 29.9 Å². The van der Waals surface area contributed by atoms with E-state index in [4.69, 9.17) is 9.47 Å². The molecule has 0 bridgehead atoms. The van der Waals surface area contributed by atoms with Gasteiger partial charge in [0.1, 0.15) is 11.5 Å². The lowest BCUT2D eigenvalue weighted by molar-refractivity contribution is 0.181. The molecule has 3 rings (SSSR count). The summed E-state index contributed by atoms with van der Waals surface area (Å²) in [6.45, 7) is 3.31. The quantitative estimate of drug-likeness (QED) is 0.383. The lowest BCUT2D eigenvalue weighted by Crippen LogP contribution is -2.41. The van der Waals surface area contributed by atoms with E-state index in [0.29, 0.717) is 12.5 Å². The zero-order chi connectivity index (χ0) is 18.2. The molecule has 0 aliphatic carbocycles. The Bertz CT molecular complexity index is 718. The highest BCUT2D eigenvalue weighted by Gasteiger charge is 2.19. The maximum atomic E-state index is 6.03. The molecule has 1 heterocycles. The molecule has 1 saturated heterocycles. The number of halogens is 1. The Morgan fingerprint density at radius 3 is 2.63 bits per heavy atom. The number of para-hydroxylation sites is 2. The molecule has 1 N–H and O–H groups in total. The maximum absolute atomic E-state index is 6.03. The fraction of sp³-hybridized carbons (Fsp3) is 0.381. The molecule has 0 saturated carbocycles. The first-order chi connectivity index (χ1) is 12.8. The van der Waals surface area contributed by atoms with Crippen molar-refractivity contribution < 1.29 is 9.47 Å². The van der Waals surface area contributed by atoms with Gasteiger partial charge in [-0.25, -0.2) is 0 Å². The molecule has 2 aromatic carbocycles. The Hall–Kier alpha value is -1.80. The summed E-state index contributed by atoms with van der Waals surface area (Å²) in [7, 11) is 3.89. The Kier molecular flexibility index (Phi) is 8.87. The minimum Gasteiger partial charge on any atom is -0.457 e. The second-order valence-electron chi connectivity index (χ2n) is 6.53. The van der Waals surface area contributed by atoms with Crippen LogP contribution in [0.3, 0.4) is 0 Å². The molecule has 1 fully saturated rings. The van der Waals surface area contributed by atoms with Crippen molar-refractivity contribution in [2.24, 2.45) is 10.9 Å². The van der Waals surface area contributed by atoms with Crippen LogP contribution in [-0.2, 0) is 11.3 Å². The second kappa shape index (κ2) is 11.1. The molecule has 0 aromatic heterocycles. The van der Waals surface area contributed by atoms with Crippen molar-refractivity contribution in [1.29, 1.82) is 0 Å². The van der Waals surface area contributed by atoms with Gasteiger partial charge in [-0.05, 0) is 24.6 Å². The molecular weight excluding hydrogens is 453 g/mol. The number of aliphatic imine (C=N–C) groups is 1. The average molecular weight is 481 g/mol. The molecule has 2 aromatic rings. The van der Waals surface area contributed by atoms with Crippen molar-refractivity contribution in [1.82, 2.24) is 10.2 Å². The van der Waals surface area contributed by atoms with Crippen molar-refractivity contribution in [3.63, 3.8) is 0 Å². The lowest BCUT2D eigenvalue weighted by Gasteiger charge is -2.24. The summed E-state index contributed by atoms with van der Waals surface area (Å²) in [6, 6.07) is 17.9. The first-order valence-electron chi connectivity index (χ1n) is 9.06. The summed E-state index contributed by atoms with van der Waals surface area (Å²) in [6.07, 6.45) is 1.12. The maximum Gasteiger partial charge on any atom is 0.193 e. The largest absolute Gasteiger partial charge is 0.457 e. The van der Waals surface area contributed by atoms with Gasteiger partial charge < -0.3 is 19.7 Å². The van der Waals surface area contributed by atoms with Crippen molar-refractivity contribution in [3.05, 3.63) is 60.2 Å². The molecule has 0 spiro atoms. The van der Waals surface area contributed by atoms with E-state index in [2.05, 4.69) is 28.3 Å². The van der Waals surface area contributed by atoms with Crippen LogP contribution in [0.2, 0.25) is 0 Å². The average Bonchev–Trinajstić information content (AvgIpc) is 3.17. The normalized spacial score (nSPS) is 16.5. The molecule has 0 radical (unpaired) electrons. The fourth-order valence-electron chi connectivity index (χ4n) is 3.13. The highest BCUT2D eigenvalue weighted by atomic mass is 127. The van der Waals surface area contributed by atoms with Gasteiger partial charge in [0.15, 0.2) is 5.96 Å². The van der Waals surface area contributed by atoms with Gasteiger partial charge in [0, 0.05) is 45.3 Å². The molecule has 5 nitrogen and oxygen atoms in total. The summed E-state index contributed by atoms with van der Waals surface area (Å²) < 4.78 is 11.5. The summed E-state index contributed by atoms with van der Waals surface area (Å²) in [4.78, 5) is 6.58. The summed E-state index contributed by atoms with van der Waals surface area (Å²) in [5, 5.41) is 3.44. The lowest BCUT2D eigenvalue weighted by atomic mass is 10.1. The SMILES string of the molecule is CN=C(NCc1ccccc1Oc1ccccc1)N(C)CC1CCOC1.I. The van der Waals surface area contributed by atoms with Crippen LogP contribution in [0.1, 0.15) is 12.0 Å². The van der Waals surface area contributed by atoms with E-state index in [9.17, 15) is 0 Å². The topological polar surface area (TPSA) is 46.1 Å². The first-order valence-corrected chi connectivity index (χ1v) is 9.06. The molecule has 27 heavy (non-hydrogen) atoms. The summed E-state index contributed by atoms with van der Waals surface area (Å²) in [5.41, 5.74) is 1.09. The van der Waals surface area contributed by atoms with Crippen LogP contribution >= 0.6 is 24.0 Å². The van der Waals surface area contributed by atoms with Gasteiger partial charge in [-0.1, -0.05) is 36.4 Å². The van der Waals surface area contributed by atoms with E-state index in [1.54, 1.807) is 0 Å². The highest BCUT2D eigenvalue weighted by Crippen LogP contribution is 2.25. The van der Waals surface area contributed by atoms with Crippen LogP contribution in [0.25, 0.3) is 0 Å². The van der Waals surface area contributed by atoms with Crippen LogP contribution in [0.4, 0.5) is 0 Å². The molecule has 6 heteroatoms. The van der Waals surface area contributed by atoms with Crippen molar-refractivity contribution in [2.45, 2.75) is 13.0 Å². The number of hydrogen-bond acceptors (Lipinski definition) is 3. The molecule has 1 aliphatic heterocycles. The van der Waals surface area contributed by atoms with Crippen molar-refractivity contribution in [3.8, 4) is 11.5 Å². The molecule has 146 valence electrons. The Balaban J connectivity index is 0.00000261. The van der Waals surface area contributed by atoms with Gasteiger partial charge in [0.05, 0.1) is 6.61 Å². The first kappa shape index (κ1) is 21.5. The number of rotatable bonds is 6. The van der Waals surface area contributed by atoms with Crippen LogP contribution < -0.4 is 10.1 Å². The molecule has 1 atom stereocenters. The summed E-state index contributed by atoms with van der Waals surface area (Å²) >= 11 is 0. The summed E-state index contributed by atoms with van der Waals surface area (Å²) in [5.74, 6) is 3.15. The molecule has 0 amide bonds. The number of guanidine groups is 1. The standard InChI is InChI=1S/C21H27N3O2.HI/c1-22-21(24(2)15-17-12-13-25-16-17)23-14-18-8-6-7-11-20(18)26-19-9-4-3-5-10-19;/h3-11,17H,12-16H2,1-2H3,(H,22,23);1H. The van der Waals surface area contributed by atoms with Gasteiger partial charge in [-0.3, -0.25) is 4.99 Å². The van der Waals surface area contributed by atoms with Crippen LogP contribution in [-0.4, -0.2) is 44.7 Å². The van der Waals surface area contributed by atoms with Gasteiger partial charge in [0.25, 0.3) is 0 Å². The Morgan fingerprint density at radius 2 is 1.93 bits per heavy atom. The van der Waals surface area contributed by atoms with E-state index in [-0.39, 0.29) is 24.0 Å². The van der Waals surface area contributed by atoms with E-state index in [0.717, 1.165) is 49.2 Å². The fourth-order valence-corrected chi connectivity index (χ4v) is 3.13. The van der Waals surface area contributed by atoms with E-state index < -0.39 is 0 Å². The van der Waals surface area contributed by atoms with Gasteiger partial charge in [0.2, 0.25) is 0 Å². The third kappa shape index (κ3) is 6.39. The number of hydrogen-bond donors (Lipinski definition) is 1. The molecule has 1 aliphatic rings. The number of benzene rings is 2. The predicted octanol–water partition coefficient (Wildman–Crippen LogP) is 4.14. The third-order valence-corrected chi connectivity index (χ3v) is 4.51. The Labute approximate surface area is 178 Å². The van der Waals surface area contributed by atoms with Gasteiger partial charge >= 0.3 is 0 Å². The molecular formula is C21H28IN3O2. The van der Waals surface area contributed by atoms with Crippen LogP contribution in [0.15, 0.2) is 59.6 Å². The minimum absolute atomic E-state index is 0. The zero-order valence-corrected chi connectivity index (χ0v) is 18.3. The van der Waals surface area contributed by atoms with E-state index in [1.165, 1.54) is 0 Å². The predicted molar refractivity (Wildman–Crippen MR) is 120 cm³/mol. The van der Waals surface area contributed by atoms with Crippen molar-refractivity contribution in [2.75, 3.05) is 33.9 Å². The third-order valence-electron chi connectivity index (χ3n) is 4.51. The Morgan fingerprint density at radius 1 is 1.19 bits per heavy atom. The zero-order valence-electron chi connectivity index (χ0n) is 15.9. The number of nitrogens with zero attached hydrogens (tertiary/aromatic N) is 2. The highest BCUT2D eigenvalue weighted by molar-refractivity contribution is 14.0. The number of nitrogens with one attached hydrogen (secondary N) is 1. The number of ether oxygens (including phenoxy) is 2.